The van der Waals surface area contributed by atoms with Crippen molar-refractivity contribution in [3.05, 3.63) is 30.1 Å². The third kappa shape index (κ3) is 6.02. The summed E-state index contributed by atoms with van der Waals surface area (Å²) in [4.78, 5) is 15.9. The number of nitrogens with one attached hydrogen (secondary N) is 2. The van der Waals surface area contributed by atoms with Gasteiger partial charge in [0.1, 0.15) is 5.60 Å². The zero-order chi connectivity index (χ0) is 16.0. The van der Waals surface area contributed by atoms with Crippen LogP contribution in [0.5, 0.6) is 0 Å². The Morgan fingerprint density at radius 2 is 1.95 bits per heavy atom. The first-order chi connectivity index (χ1) is 10.4. The number of aromatic nitrogens is 1. The standard InChI is InChI=1S/C17H27N3O2/c1-17(2,3)22-16(21)20-15-8-6-14(7-9-15)19-12-13-5-4-10-18-11-13/h4-5,10-11,14-15,19H,6-9,12H2,1-3H3,(H,20,21). The quantitative estimate of drug-likeness (QED) is 0.897. The van der Waals surface area contributed by atoms with Crippen molar-refractivity contribution in [2.75, 3.05) is 0 Å². The highest BCUT2D eigenvalue weighted by molar-refractivity contribution is 5.68. The van der Waals surface area contributed by atoms with Crippen molar-refractivity contribution in [1.82, 2.24) is 15.6 Å². The molecular formula is C17H27N3O2. The highest BCUT2D eigenvalue weighted by Gasteiger charge is 2.24. The van der Waals surface area contributed by atoms with Gasteiger partial charge in [0.15, 0.2) is 0 Å². The van der Waals surface area contributed by atoms with Crippen LogP contribution in [0.25, 0.3) is 0 Å². The number of rotatable bonds is 4. The lowest BCUT2D eigenvalue weighted by molar-refractivity contribution is 0.0490. The Balaban J connectivity index is 1.66. The molecule has 0 atom stereocenters. The van der Waals surface area contributed by atoms with Crippen molar-refractivity contribution >= 4 is 6.09 Å². The van der Waals surface area contributed by atoms with E-state index in [2.05, 4.69) is 21.7 Å². The Bertz CT molecular complexity index is 463. The Hall–Kier alpha value is -1.62. The second kappa shape index (κ2) is 7.58. The van der Waals surface area contributed by atoms with Crippen LogP contribution in [0.4, 0.5) is 4.79 Å². The molecule has 1 saturated carbocycles. The van der Waals surface area contributed by atoms with Gasteiger partial charge in [-0.25, -0.2) is 4.79 Å². The maximum Gasteiger partial charge on any atom is 0.407 e. The molecule has 0 radical (unpaired) electrons. The molecule has 122 valence electrons. The van der Waals surface area contributed by atoms with Gasteiger partial charge in [-0.2, -0.15) is 0 Å². The summed E-state index contributed by atoms with van der Waals surface area (Å²) in [6.45, 7) is 6.49. The maximum atomic E-state index is 11.8. The molecule has 22 heavy (non-hydrogen) atoms. The fourth-order valence-electron chi connectivity index (χ4n) is 2.68. The van der Waals surface area contributed by atoms with Gasteiger partial charge in [0, 0.05) is 31.0 Å². The molecular weight excluding hydrogens is 278 g/mol. The van der Waals surface area contributed by atoms with Gasteiger partial charge in [0.25, 0.3) is 0 Å². The molecule has 2 N–H and O–H groups in total. The molecule has 1 aliphatic rings. The largest absolute Gasteiger partial charge is 0.444 e. The van der Waals surface area contributed by atoms with Crippen LogP contribution in [0.1, 0.15) is 52.0 Å². The van der Waals surface area contributed by atoms with Gasteiger partial charge in [0.2, 0.25) is 0 Å². The summed E-state index contributed by atoms with van der Waals surface area (Å²) < 4.78 is 5.30. The number of amides is 1. The summed E-state index contributed by atoms with van der Waals surface area (Å²) in [7, 11) is 0. The van der Waals surface area contributed by atoms with Crippen molar-refractivity contribution in [2.24, 2.45) is 0 Å². The van der Waals surface area contributed by atoms with E-state index in [0.29, 0.717) is 6.04 Å². The van der Waals surface area contributed by atoms with E-state index in [4.69, 9.17) is 4.74 Å². The van der Waals surface area contributed by atoms with Crippen molar-refractivity contribution in [3.8, 4) is 0 Å². The van der Waals surface area contributed by atoms with E-state index in [9.17, 15) is 4.79 Å². The average Bonchev–Trinajstić information content (AvgIpc) is 2.45. The molecule has 5 nitrogen and oxygen atoms in total. The average molecular weight is 305 g/mol. The molecule has 2 rings (SSSR count). The third-order valence-electron chi connectivity index (χ3n) is 3.77. The molecule has 1 aromatic rings. The second-order valence-corrected chi connectivity index (χ2v) is 6.94. The number of nitrogens with zero attached hydrogens (tertiary/aromatic N) is 1. The first kappa shape index (κ1) is 16.7. The molecule has 1 amide bonds. The molecule has 0 unspecified atom stereocenters. The van der Waals surface area contributed by atoms with E-state index >= 15 is 0 Å². The molecule has 1 aliphatic carbocycles. The van der Waals surface area contributed by atoms with E-state index in [0.717, 1.165) is 32.2 Å². The maximum absolute atomic E-state index is 11.8. The molecule has 1 fully saturated rings. The van der Waals surface area contributed by atoms with E-state index in [-0.39, 0.29) is 12.1 Å². The van der Waals surface area contributed by atoms with Crippen LogP contribution in [0.2, 0.25) is 0 Å². The molecule has 0 bridgehead atoms. The Kier molecular flexibility index (Phi) is 5.77. The van der Waals surface area contributed by atoms with Crippen LogP contribution in [0.3, 0.4) is 0 Å². The van der Waals surface area contributed by atoms with Crippen LogP contribution in [0, 0.1) is 0 Å². The Labute approximate surface area is 132 Å². The fraction of sp³-hybridized carbons (Fsp3) is 0.647. The van der Waals surface area contributed by atoms with Gasteiger partial charge >= 0.3 is 6.09 Å². The molecule has 1 heterocycles. The minimum absolute atomic E-state index is 0.228. The van der Waals surface area contributed by atoms with Crippen molar-refractivity contribution < 1.29 is 9.53 Å². The number of hydrogen-bond donors (Lipinski definition) is 2. The van der Waals surface area contributed by atoms with Gasteiger partial charge in [-0.05, 0) is 58.1 Å². The fourth-order valence-corrected chi connectivity index (χ4v) is 2.68. The lowest BCUT2D eigenvalue weighted by Gasteiger charge is -2.30. The zero-order valence-electron chi connectivity index (χ0n) is 13.8. The summed E-state index contributed by atoms with van der Waals surface area (Å²) in [6, 6.07) is 4.78. The number of carbonyl (C=O) groups is 1. The molecule has 0 saturated heterocycles. The minimum Gasteiger partial charge on any atom is -0.444 e. The van der Waals surface area contributed by atoms with Crippen molar-refractivity contribution in [1.29, 1.82) is 0 Å². The number of carbonyl (C=O) groups excluding carboxylic acids is 1. The van der Waals surface area contributed by atoms with Gasteiger partial charge in [-0.15, -0.1) is 0 Å². The van der Waals surface area contributed by atoms with Crippen LogP contribution in [-0.4, -0.2) is 28.8 Å². The normalized spacial score (nSPS) is 22.1. The summed E-state index contributed by atoms with van der Waals surface area (Å²) in [6.07, 6.45) is 7.49. The Morgan fingerprint density at radius 1 is 1.27 bits per heavy atom. The summed E-state index contributed by atoms with van der Waals surface area (Å²) in [5.41, 5.74) is 0.767. The number of hydrogen-bond acceptors (Lipinski definition) is 4. The van der Waals surface area contributed by atoms with Gasteiger partial charge in [-0.3, -0.25) is 4.98 Å². The summed E-state index contributed by atoms with van der Waals surface area (Å²) in [5, 5.41) is 6.54. The van der Waals surface area contributed by atoms with Crippen LogP contribution in [0.15, 0.2) is 24.5 Å². The van der Waals surface area contributed by atoms with Gasteiger partial charge < -0.3 is 15.4 Å². The lowest BCUT2D eigenvalue weighted by atomic mass is 9.91. The summed E-state index contributed by atoms with van der Waals surface area (Å²) >= 11 is 0. The monoisotopic (exact) mass is 305 g/mol. The van der Waals surface area contributed by atoms with Gasteiger partial charge in [0.05, 0.1) is 0 Å². The molecule has 0 spiro atoms. The SMILES string of the molecule is CC(C)(C)OC(=O)NC1CCC(NCc2cccnc2)CC1. The number of alkyl carbamates (subject to hydrolysis) is 1. The van der Waals surface area contributed by atoms with Crippen LogP contribution >= 0.6 is 0 Å². The predicted octanol–water partition coefficient (Wildman–Crippen LogP) is 3.01. The Morgan fingerprint density at radius 3 is 2.55 bits per heavy atom. The minimum atomic E-state index is -0.438. The zero-order valence-corrected chi connectivity index (χ0v) is 13.8. The molecule has 0 aromatic carbocycles. The summed E-state index contributed by atoms with van der Waals surface area (Å²) in [5.74, 6) is 0. The van der Waals surface area contributed by atoms with Crippen molar-refractivity contribution in [3.63, 3.8) is 0 Å². The highest BCUT2D eigenvalue weighted by atomic mass is 16.6. The smallest absolute Gasteiger partial charge is 0.407 e. The van der Waals surface area contributed by atoms with E-state index < -0.39 is 5.60 Å². The van der Waals surface area contributed by atoms with E-state index in [1.54, 1.807) is 6.20 Å². The first-order valence-electron chi connectivity index (χ1n) is 8.04. The third-order valence-corrected chi connectivity index (χ3v) is 3.77. The first-order valence-corrected chi connectivity index (χ1v) is 8.04. The molecule has 0 aliphatic heterocycles. The van der Waals surface area contributed by atoms with Crippen LogP contribution < -0.4 is 10.6 Å². The van der Waals surface area contributed by atoms with Gasteiger partial charge in [-0.1, -0.05) is 6.07 Å². The molecule has 5 heteroatoms. The van der Waals surface area contributed by atoms with Crippen LogP contribution in [-0.2, 0) is 11.3 Å². The topological polar surface area (TPSA) is 63.2 Å². The number of ether oxygens (including phenoxy) is 1. The lowest BCUT2D eigenvalue weighted by Crippen LogP contribution is -2.43. The molecule has 1 aromatic heterocycles. The van der Waals surface area contributed by atoms with E-state index in [1.165, 1.54) is 5.56 Å². The predicted molar refractivity (Wildman–Crippen MR) is 86.5 cm³/mol. The van der Waals surface area contributed by atoms with E-state index in [1.807, 2.05) is 33.0 Å². The van der Waals surface area contributed by atoms with Crippen molar-refractivity contribution in [2.45, 2.75) is 70.7 Å². The highest BCUT2D eigenvalue weighted by Crippen LogP contribution is 2.19. The second-order valence-electron chi connectivity index (χ2n) is 6.94. The number of pyridine rings is 1.